The number of aryl methyl sites for hydroxylation is 1. The van der Waals surface area contributed by atoms with Crippen molar-refractivity contribution in [3.8, 4) is 0 Å². The lowest BCUT2D eigenvalue weighted by Crippen LogP contribution is -2.24. The molecule has 0 saturated heterocycles. The fourth-order valence-corrected chi connectivity index (χ4v) is 3.08. The van der Waals surface area contributed by atoms with E-state index in [9.17, 15) is 9.18 Å². The van der Waals surface area contributed by atoms with Gasteiger partial charge in [-0.15, -0.1) is 11.3 Å². The van der Waals surface area contributed by atoms with E-state index in [2.05, 4.69) is 10.3 Å². The van der Waals surface area contributed by atoms with Gasteiger partial charge in [0.15, 0.2) is 0 Å². The summed E-state index contributed by atoms with van der Waals surface area (Å²) in [6, 6.07) is 4.33. The van der Waals surface area contributed by atoms with Crippen LogP contribution in [0.4, 0.5) is 10.1 Å². The molecule has 7 heteroatoms. The zero-order valence-electron chi connectivity index (χ0n) is 11.3. The Morgan fingerprint density at radius 3 is 3.05 bits per heavy atom. The summed E-state index contributed by atoms with van der Waals surface area (Å²) in [5.41, 5.74) is 6.26. The van der Waals surface area contributed by atoms with Crippen LogP contribution in [0, 0.1) is 5.82 Å². The average Bonchev–Trinajstić information content (AvgIpc) is 3.01. The molecule has 0 unspecified atom stereocenters. The Kier molecular flexibility index (Phi) is 3.34. The molecule has 5 nitrogen and oxygen atoms in total. The summed E-state index contributed by atoms with van der Waals surface area (Å²) in [4.78, 5) is 16.7. The number of amides is 1. The van der Waals surface area contributed by atoms with E-state index in [1.165, 1.54) is 23.5 Å². The highest BCUT2D eigenvalue weighted by Gasteiger charge is 2.17. The number of hydrogen-bond donors (Lipinski definition) is 2. The number of carbonyl (C=O) groups is 1. The quantitative estimate of drug-likeness (QED) is 0.779. The van der Waals surface area contributed by atoms with Gasteiger partial charge in [0.25, 0.3) is 5.91 Å². The second kappa shape index (κ2) is 5.17. The first kappa shape index (κ1) is 13.6. The number of nitrogens with zero attached hydrogens (tertiary/aromatic N) is 2. The number of imidazole rings is 1. The molecule has 3 aromatic rings. The zero-order valence-corrected chi connectivity index (χ0v) is 12.1. The van der Waals surface area contributed by atoms with Crippen LogP contribution in [-0.2, 0) is 13.6 Å². The van der Waals surface area contributed by atoms with Crippen LogP contribution in [0.3, 0.4) is 0 Å². The molecule has 1 aromatic carbocycles. The van der Waals surface area contributed by atoms with Gasteiger partial charge in [-0.1, -0.05) is 0 Å². The Morgan fingerprint density at radius 1 is 1.52 bits per heavy atom. The first-order valence-corrected chi connectivity index (χ1v) is 7.10. The van der Waals surface area contributed by atoms with Crippen molar-refractivity contribution in [3.63, 3.8) is 0 Å². The van der Waals surface area contributed by atoms with Crippen molar-refractivity contribution in [2.45, 2.75) is 6.54 Å². The molecule has 0 fully saturated rings. The Labute approximate surface area is 124 Å². The van der Waals surface area contributed by atoms with E-state index in [-0.39, 0.29) is 11.7 Å². The van der Waals surface area contributed by atoms with E-state index in [0.717, 1.165) is 10.5 Å². The summed E-state index contributed by atoms with van der Waals surface area (Å²) in [7, 11) is 1.85. The van der Waals surface area contributed by atoms with E-state index in [1.54, 1.807) is 18.5 Å². The smallest absolute Gasteiger partial charge is 0.263 e. The molecule has 2 aromatic heterocycles. The number of hydrogen-bond acceptors (Lipinski definition) is 4. The van der Waals surface area contributed by atoms with Crippen LogP contribution in [0.5, 0.6) is 0 Å². The summed E-state index contributed by atoms with van der Waals surface area (Å²) in [5.74, 6) is 0.0955. The van der Waals surface area contributed by atoms with Crippen LogP contribution >= 0.6 is 11.3 Å². The van der Waals surface area contributed by atoms with Crippen LogP contribution in [-0.4, -0.2) is 15.5 Å². The maximum atomic E-state index is 13.2. The van der Waals surface area contributed by atoms with Crippen LogP contribution in [0.25, 0.3) is 10.1 Å². The molecule has 1 amide bonds. The predicted molar refractivity (Wildman–Crippen MR) is 80.6 cm³/mol. The van der Waals surface area contributed by atoms with E-state index >= 15 is 0 Å². The van der Waals surface area contributed by atoms with E-state index in [0.29, 0.717) is 22.5 Å². The minimum Gasteiger partial charge on any atom is -0.397 e. The minimum atomic E-state index is -0.369. The van der Waals surface area contributed by atoms with Crippen molar-refractivity contribution in [2.24, 2.45) is 7.05 Å². The Hall–Kier alpha value is -2.41. The molecule has 0 atom stereocenters. The summed E-state index contributed by atoms with van der Waals surface area (Å²) in [5, 5.41) is 3.34. The standard InChI is InChI=1S/C14H13FN4OS/c1-19-5-4-17-11(19)7-18-14(20)13-12(16)9-6-8(15)2-3-10(9)21-13/h2-6H,7,16H2,1H3,(H,18,20). The number of carbonyl (C=O) groups excluding carboxylic acids is 1. The Bertz CT molecular complexity index is 824. The molecule has 3 rings (SSSR count). The zero-order chi connectivity index (χ0) is 15.0. The van der Waals surface area contributed by atoms with Crippen LogP contribution < -0.4 is 11.1 Å². The van der Waals surface area contributed by atoms with Gasteiger partial charge in [0, 0.05) is 29.5 Å². The third kappa shape index (κ3) is 2.47. The first-order valence-electron chi connectivity index (χ1n) is 6.28. The van der Waals surface area contributed by atoms with E-state index in [1.807, 2.05) is 11.6 Å². The molecule has 0 aliphatic heterocycles. The number of nitrogen functional groups attached to an aromatic ring is 1. The maximum Gasteiger partial charge on any atom is 0.263 e. The summed E-state index contributed by atoms with van der Waals surface area (Å²) < 4.78 is 15.9. The van der Waals surface area contributed by atoms with Crippen molar-refractivity contribution in [2.75, 3.05) is 5.73 Å². The van der Waals surface area contributed by atoms with Crippen LogP contribution in [0.15, 0.2) is 30.6 Å². The highest BCUT2D eigenvalue weighted by Crippen LogP contribution is 2.33. The molecule has 3 N–H and O–H groups in total. The molecule has 0 aliphatic carbocycles. The Balaban J connectivity index is 1.84. The van der Waals surface area contributed by atoms with Gasteiger partial charge in [-0.3, -0.25) is 4.79 Å². The molecule has 0 spiro atoms. The number of nitrogens with two attached hydrogens (primary N) is 1. The summed E-state index contributed by atoms with van der Waals surface area (Å²) in [6.07, 6.45) is 3.47. The Morgan fingerprint density at radius 2 is 2.33 bits per heavy atom. The number of aromatic nitrogens is 2. The fraction of sp³-hybridized carbons (Fsp3) is 0.143. The topological polar surface area (TPSA) is 72.9 Å². The third-order valence-electron chi connectivity index (χ3n) is 3.22. The van der Waals surface area contributed by atoms with Crippen molar-refractivity contribution in [1.29, 1.82) is 0 Å². The minimum absolute atomic E-state index is 0.280. The normalized spacial score (nSPS) is 11.0. The van der Waals surface area contributed by atoms with Crippen molar-refractivity contribution in [1.82, 2.24) is 14.9 Å². The number of rotatable bonds is 3. The second-order valence-corrected chi connectivity index (χ2v) is 5.67. The first-order chi connectivity index (χ1) is 10.1. The molecule has 0 saturated carbocycles. The molecule has 0 aliphatic rings. The number of thiophene rings is 1. The van der Waals surface area contributed by atoms with E-state index in [4.69, 9.17) is 5.73 Å². The molecule has 0 bridgehead atoms. The molecule has 21 heavy (non-hydrogen) atoms. The lowest BCUT2D eigenvalue weighted by atomic mass is 10.2. The summed E-state index contributed by atoms with van der Waals surface area (Å²) in [6.45, 7) is 0.310. The lowest BCUT2D eigenvalue weighted by Gasteiger charge is -2.04. The second-order valence-electron chi connectivity index (χ2n) is 4.62. The van der Waals surface area contributed by atoms with Gasteiger partial charge in [-0.2, -0.15) is 0 Å². The van der Waals surface area contributed by atoms with Crippen LogP contribution in [0.1, 0.15) is 15.5 Å². The van der Waals surface area contributed by atoms with Gasteiger partial charge in [0.1, 0.15) is 16.5 Å². The highest BCUT2D eigenvalue weighted by molar-refractivity contribution is 7.21. The van der Waals surface area contributed by atoms with E-state index < -0.39 is 0 Å². The monoisotopic (exact) mass is 304 g/mol. The molecular formula is C14H13FN4OS. The van der Waals surface area contributed by atoms with Gasteiger partial charge in [-0.25, -0.2) is 9.37 Å². The van der Waals surface area contributed by atoms with Gasteiger partial charge in [0.05, 0.1) is 12.2 Å². The number of fused-ring (bicyclic) bond motifs is 1. The SMILES string of the molecule is Cn1ccnc1CNC(=O)c1sc2ccc(F)cc2c1N. The number of halogens is 1. The van der Waals surface area contributed by atoms with Gasteiger partial charge < -0.3 is 15.6 Å². The lowest BCUT2D eigenvalue weighted by molar-refractivity contribution is 0.0954. The third-order valence-corrected chi connectivity index (χ3v) is 4.41. The highest BCUT2D eigenvalue weighted by atomic mass is 32.1. The molecular weight excluding hydrogens is 291 g/mol. The fourth-order valence-electron chi connectivity index (χ4n) is 2.06. The molecule has 0 radical (unpaired) electrons. The number of nitrogens with one attached hydrogen (secondary N) is 1. The molecule has 2 heterocycles. The largest absolute Gasteiger partial charge is 0.397 e. The van der Waals surface area contributed by atoms with Crippen molar-refractivity contribution >= 4 is 33.0 Å². The summed E-state index contributed by atoms with van der Waals surface area (Å²) >= 11 is 1.25. The predicted octanol–water partition coefficient (Wildman–Crippen LogP) is 2.29. The van der Waals surface area contributed by atoms with Crippen LogP contribution in [0.2, 0.25) is 0 Å². The average molecular weight is 304 g/mol. The number of benzene rings is 1. The van der Waals surface area contributed by atoms with Crippen molar-refractivity contribution < 1.29 is 9.18 Å². The van der Waals surface area contributed by atoms with Crippen molar-refractivity contribution in [3.05, 3.63) is 47.1 Å². The maximum absolute atomic E-state index is 13.2. The van der Waals surface area contributed by atoms with Gasteiger partial charge in [-0.05, 0) is 18.2 Å². The van der Waals surface area contributed by atoms with Gasteiger partial charge in [0.2, 0.25) is 0 Å². The number of anilines is 1. The van der Waals surface area contributed by atoms with Gasteiger partial charge >= 0.3 is 0 Å². The molecule has 108 valence electrons.